The van der Waals surface area contributed by atoms with E-state index in [-0.39, 0.29) is 29.8 Å². The number of benzene rings is 1. The third-order valence-electron chi connectivity index (χ3n) is 4.60. The highest BCUT2D eigenvalue weighted by molar-refractivity contribution is 14.0. The first-order valence-corrected chi connectivity index (χ1v) is 10.5. The van der Waals surface area contributed by atoms with Gasteiger partial charge in [0.1, 0.15) is 5.82 Å². The molecule has 1 fully saturated rings. The summed E-state index contributed by atoms with van der Waals surface area (Å²) >= 11 is 0. The van der Waals surface area contributed by atoms with Crippen LogP contribution in [0, 0.1) is 5.82 Å². The molecule has 0 atom stereocenters. The Labute approximate surface area is 196 Å². The first kappa shape index (κ1) is 26.9. The number of hydrogen-bond donors (Lipinski definition) is 2. The van der Waals surface area contributed by atoms with E-state index in [2.05, 4.69) is 22.5 Å². The lowest BCUT2D eigenvalue weighted by Gasteiger charge is -2.29. The summed E-state index contributed by atoms with van der Waals surface area (Å²) in [5.41, 5.74) is 1.50. The number of hydrogen-bond acceptors (Lipinski definition) is 5. The maximum atomic E-state index is 14.5. The Hall–Kier alpha value is -1.17. The molecule has 0 spiro atoms. The van der Waals surface area contributed by atoms with E-state index in [0.29, 0.717) is 57.8 Å². The van der Waals surface area contributed by atoms with Crippen molar-refractivity contribution in [1.82, 2.24) is 10.6 Å². The summed E-state index contributed by atoms with van der Waals surface area (Å²) in [6.07, 6.45) is 2.23. The molecule has 9 heteroatoms. The third-order valence-corrected chi connectivity index (χ3v) is 4.60. The van der Waals surface area contributed by atoms with Gasteiger partial charge in [-0.2, -0.15) is 0 Å². The van der Waals surface area contributed by atoms with Crippen molar-refractivity contribution < 1.29 is 18.6 Å². The Morgan fingerprint density at radius 1 is 1.13 bits per heavy atom. The molecule has 0 aliphatic carbocycles. The van der Waals surface area contributed by atoms with Crippen molar-refractivity contribution in [1.29, 1.82) is 0 Å². The molecule has 0 aromatic heterocycles. The zero-order valence-electron chi connectivity index (χ0n) is 18.1. The zero-order valence-corrected chi connectivity index (χ0v) is 20.5. The summed E-state index contributed by atoms with van der Waals surface area (Å²) in [7, 11) is 1.71. The molecule has 2 N–H and O–H groups in total. The second-order valence-corrected chi connectivity index (χ2v) is 6.82. The van der Waals surface area contributed by atoms with Crippen LogP contribution in [0.2, 0.25) is 0 Å². The molecule has 2 rings (SSSR count). The first-order valence-electron chi connectivity index (χ1n) is 10.5. The van der Waals surface area contributed by atoms with Crippen molar-refractivity contribution in [2.45, 2.75) is 26.3 Å². The molecule has 1 aromatic rings. The molecule has 30 heavy (non-hydrogen) atoms. The van der Waals surface area contributed by atoms with Crippen LogP contribution in [0.3, 0.4) is 0 Å². The molecule has 1 aromatic carbocycles. The molecule has 0 amide bonds. The summed E-state index contributed by atoms with van der Waals surface area (Å²) in [5.74, 6) is 0.453. The number of ether oxygens (including phenoxy) is 3. The molecule has 1 aliphatic heterocycles. The van der Waals surface area contributed by atoms with E-state index in [4.69, 9.17) is 14.2 Å². The van der Waals surface area contributed by atoms with E-state index in [1.807, 2.05) is 17.0 Å². The van der Waals surface area contributed by atoms with Gasteiger partial charge in [0.05, 0.1) is 38.7 Å². The van der Waals surface area contributed by atoms with Gasteiger partial charge < -0.3 is 29.7 Å². The molecule has 0 radical (unpaired) electrons. The van der Waals surface area contributed by atoms with Crippen molar-refractivity contribution in [3.8, 4) is 0 Å². The van der Waals surface area contributed by atoms with Gasteiger partial charge in [0, 0.05) is 39.8 Å². The molecule has 1 heterocycles. The van der Waals surface area contributed by atoms with Crippen LogP contribution in [0.5, 0.6) is 0 Å². The van der Waals surface area contributed by atoms with Gasteiger partial charge in [-0.25, -0.2) is 4.39 Å². The Morgan fingerprint density at radius 2 is 1.87 bits per heavy atom. The molecule has 0 unspecified atom stereocenters. The molecule has 1 saturated heterocycles. The minimum absolute atomic E-state index is 0. The normalized spacial score (nSPS) is 14.4. The fourth-order valence-electron chi connectivity index (χ4n) is 2.94. The third kappa shape index (κ3) is 10.2. The van der Waals surface area contributed by atoms with Crippen molar-refractivity contribution >= 4 is 35.6 Å². The quantitative estimate of drug-likeness (QED) is 0.185. The van der Waals surface area contributed by atoms with Crippen molar-refractivity contribution in [3.63, 3.8) is 0 Å². The smallest absolute Gasteiger partial charge is 0.191 e. The fraction of sp³-hybridized carbons (Fsp3) is 0.667. The van der Waals surface area contributed by atoms with Gasteiger partial charge in [-0.15, -0.1) is 24.0 Å². The number of guanidine groups is 1. The monoisotopic (exact) mass is 538 g/mol. The Bertz CT molecular complexity index is 616. The van der Waals surface area contributed by atoms with Crippen LogP contribution in [0.25, 0.3) is 0 Å². The summed E-state index contributed by atoms with van der Waals surface area (Å²) in [6.45, 7) is 8.57. The minimum atomic E-state index is -0.205. The predicted molar refractivity (Wildman–Crippen MR) is 130 cm³/mol. The van der Waals surface area contributed by atoms with Gasteiger partial charge in [-0.1, -0.05) is 19.4 Å². The van der Waals surface area contributed by atoms with Crippen molar-refractivity contribution in [2.75, 3.05) is 71.2 Å². The number of aliphatic imine (C=N–C) groups is 1. The molecular formula is C21H36FIN4O3. The van der Waals surface area contributed by atoms with E-state index < -0.39 is 0 Å². The van der Waals surface area contributed by atoms with Gasteiger partial charge in [0.25, 0.3) is 0 Å². The van der Waals surface area contributed by atoms with Gasteiger partial charge in [0.15, 0.2) is 5.96 Å². The van der Waals surface area contributed by atoms with E-state index in [0.717, 1.165) is 38.1 Å². The number of anilines is 1. The lowest BCUT2D eigenvalue weighted by atomic mass is 10.1. The van der Waals surface area contributed by atoms with E-state index >= 15 is 0 Å². The van der Waals surface area contributed by atoms with E-state index in [9.17, 15) is 4.39 Å². The standard InChI is InChI=1S/C21H35FN4O3.HI/c1-3-4-10-27-14-15-28-11-7-24-21(23-2)25-17-18-5-6-20(19(22)16-18)26-8-12-29-13-9-26;/h5-6,16H,3-4,7-15,17H2,1-2H3,(H2,23,24,25);1H. The van der Waals surface area contributed by atoms with E-state index in [1.54, 1.807) is 13.1 Å². The summed E-state index contributed by atoms with van der Waals surface area (Å²) in [6, 6.07) is 5.35. The van der Waals surface area contributed by atoms with Crippen LogP contribution in [0.1, 0.15) is 25.3 Å². The second-order valence-electron chi connectivity index (χ2n) is 6.82. The number of halogens is 2. The highest BCUT2D eigenvalue weighted by Gasteiger charge is 2.15. The molecule has 172 valence electrons. The maximum absolute atomic E-state index is 14.5. The number of nitrogens with one attached hydrogen (secondary N) is 2. The minimum Gasteiger partial charge on any atom is -0.379 e. The largest absolute Gasteiger partial charge is 0.379 e. The van der Waals surface area contributed by atoms with Crippen molar-refractivity contribution in [3.05, 3.63) is 29.6 Å². The van der Waals surface area contributed by atoms with E-state index in [1.165, 1.54) is 0 Å². The topological polar surface area (TPSA) is 67.4 Å². The Kier molecular flexibility index (Phi) is 14.8. The van der Waals surface area contributed by atoms with Crippen LogP contribution in [-0.4, -0.2) is 72.3 Å². The predicted octanol–water partition coefficient (Wildman–Crippen LogP) is 2.78. The number of morpholine rings is 1. The summed E-state index contributed by atoms with van der Waals surface area (Å²) < 4.78 is 30.8. The summed E-state index contributed by atoms with van der Waals surface area (Å²) in [5, 5.41) is 6.38. The second kappa shape index (κ2) is 16.5. The number of nitrogens with zero attached hydrogens (tertiary/aromatic N) is 2. The van der Waals surface area contributed by atoms with Crippen LogP contribution in [-0.2, 0) is 20.8 Å². The number of rotatable bonds is 12. The summed E-state index contributed by atoms with van der Waals surface area (Å²) in [4.78, 5) is 6.20. The molecule has 0 bridgehead atoms. The van der Waals surface area contributed by atoms with Gasteiger partial charge in [-0.3, -0.25) is 4.99 Å². The first-order chi connectivity index (χ1) is 14.2. The zero-order chi connectivity index (χ0) is 20.7. The van der Waals surface area contributed by atoms with Gasteiger partial charge in [-0.05, 0) is 24.1 Å². The van der Waals surface area contributed by atoms with Gasteiger partial charge >= 0.3 is 0 Å². The van der Waals surface area contributed by atoms with Crippen LogP contribution >= 0.6 is 24.0 Å². The number of unbranched alkanes of at least 4 members (excludes halogenated alkanes) is 1. The van der Waals surface area contributed by atoms with Gasteiger partial charge in [0.2, 0.25) is 0 Å². The fourth-order valence-corrected chi connectivity index (χ4v) is 2.94. The van der Waals surface area contributed by atoms with Crippen LogP contribution in [0.15, 0.2) is 23.2 Å². The average molecular weight is 538 g/mol. The highest BCUT2D eigenvalue weighted by Crippen LogP contribution is 2.21. The molecule has 7 nitrogen and oxygen atoms in total. The molecule has 0 saturated carbocycles. The SMILES string of the molecule is CCCCOCCOCCNC(=NC)NCc1ccc(N2CCOCC2)c(F)c1.I. The van der Waals surface area contributed by atoms with Crippen LogP contribution in [0.4, 0.5) is 10.1 Å². The lowest BCUT2D eigenvalue weighted by molar-refractivity contribution is 0.0487. The van der Waals surface area contributed by atoms with Crippen LogP contribution < -0.4 is 15.5 Å². The lowest BCUT2D eigenvalue weighted by Crippen LogP contribution is -2.38. The van der Waals surface area contributed by atoms with Crippen molar-refractivity contribution in [2.24, 2.45) is 4.99 Å². The molecule has 1 aliphatic rings. The average Bonchev–Trinajstić information content (AvgIpc) is 2.75. The highest BCUT2D eigenvalue weighted by atomic mass is 127. The Balaban J connectivity index is 0.00000450. The Morgan fingerprint density at radius 3 is 2.53 bits per heavy atom. The maximum Gasteiger partial charge on any atom is 0.191 e. The molecular weight excluding hydrogens is 502 g/mol.